The lowest BCUT2D eigenvalue weighted by Crippen LogP contribution is -2.35. The lowest BCUT2D eigenvalue weighted by Gasteiger charge is -2.17. The van der Waals surface area contributed by atoms with Crippen molar-refractivity contribution < 1.29 is 31.2 Å². The average Bonchev–Trinajstić information content (AvgIpc) is 2.70. The molecule has 3 N–H and O–H groups in total. The standard InChI is InChI=1S/C21H23ClF3N3O4S/c1-20(2,3)19(30)28-15-7-4-13(5-8-15)18(29)26-10-11-27-33(31,32)17-12-14(21(23,24)25)6-9-16(17)22/h4-9,12,27H,10-11H2,1-3H3,(H,26,29)(H,28,30). The molecule has 0 aliphatic heterocycles. The first kappa shape index (κ1) is 26.6. The second kappa shape index (κ2) is 10.1. The van der Waals surface area contributed by atoms with E-state index in [1.807, 2.05) is 0 Å². The molecule has 0 spiro atoms. The van der Waals surface area contributed by atoms with Crippen molar-refractivity contribution in [3.8, 4) is 0 Å². The molecule has 0 heterocycles. The van der Waals surface area contributed by atoms with E-state index in [-0.39, 0.29) is 29.6 Å². The van der Waals surface area contributed by atoms with Crippen molar-refractivity contribution in [1.29, 1.82) is 0 Å². The van der Waals surface area contributed by atoms with Gasteiger partial charge in [0.2, 0.25) is 15.9 Å². The minimum Gasteiger partial charge on any atom is -0.351 e. The smallest absolute Gasteiger partial charge is 0.351 e. The number of alkyl halides is 3. The van der Waals surface area contributed by atoms with Crippen LogP contribution in [0.4, 0.5) is 18.9 Å². The van der Waals surface area contributed by atoms with Crippen LogP contribution in [-0.4, -0.2) is 33.3 Å². The van der Waals surface area contributed by atoms with Crippen LogP contribution in [0.25, 0.3) is 0 Å². The van der Waals surface area contributed by atoms with Gasteiger partial charge in [0.25, 0.3) is 5.91 Å². The Morgan fingerprint density at radius 3 is 2.12 bits per heavy atom. The number of sulfonamides is 1. The van der Waals surface area contributed by atoms with Crippen molar-refractivity contribution in [2.45, 2.75) is 31.8 Å². The third kappa shape index (κ3) is 7.44. The van der Waals surface area contributed by atoms with Crippen LogP contribution >= 0.6 is 11.6 Å². The molecule has 2 rings (SSSR count). The van der Waals surface area contributed by atoms with Gasteiger partial charge in [-0.2, -0.15) is 13.2 Å². The summed E-state index contributed by atoms with van der Waals surface area (Å²) in [7, 11) is -4.34. The number of carbonyl (C=O) groups is 2. The second-order valence-electron chi connectivity index (χ2n) is 8.08. The van der Waals surface area contributed by atoms with Gasteiger partial charge in [0, 0.05) is 29.8 Å². The lowest BCUT2D eigenvalue weighted by molar-refractivity contribution is -0.137. The Hall–Kier alpha value is -2.63. The summed E-state index contributed by atoms with van der Waals surface area (Å²) < 4.78 is 65.3. The van der Waals surface area contributed by atoms with Crippen LogP contribution in [0.1, 0.15) is 36.7 Å². The summed E-state index contributed by atoms with van der Waals surface area (Å²) in [5.41, 5.74) is -0.950. The first-order valence-electron chi connectivity index (χ1n) is 9.67. The monoisotopic (exact) mass is 505 g/mol. The molecule has 0 aliphatic rings. The summed E-state index contributed by atoms with van der Waals surface area (Å²) in [5.74, 6) is -0.687. The molecule has 33 heavy (non-hydrogen) atoms. The van der Waals surface area contributed by atoms with Crippen LogP contribution in [-0.2, 0) is 21.0 Å². The molecule has 2 aromatic carbocycles. The Balaban J connectivity index is 1.93. The fourth-order valence-electron chi connectivity index (χ4n) is 2.45. The number of nitrogens with one attached hydrogen (secondary N) is 3. The zero-order chi connectivity index (χ0) is 25.0. The number of amides is 2. The molecule has 0 fully saturated rings. The molecule has 0 unspecified atom stereocenters. The quantitative estimate of drug-likeness (QED) is 0.494. The minimum atomic E-state index is -4.73. The molecular weight excluding hydrogens is 483 g/mol. The van der Waals surface area contributed by atoms with E-state index in [0.717, 1.165) is 6.07 Å². The van der Waals surface area contributed by atoms with Gasteiger partial charge in [-0.1, -0.05) is 32.4 Å². The van der Waals surface area contributed by atoms with E-state index in [9.17, 15) is 31.2 Å². The highest BCUT2D eigenvalue weighted by atomic mass is 35.5. The van der Waals surface area contributed by atoms with Gasteiger partial charge in [0.1, 0.15) is 4.90 Å². The van der Waals surface area contributed by atoms with Crippen LogP contribution < -0.4 is 15.4 Å². The Labute approximate surface area is 194 Å². The van der Waals surface area contributed by atoms with Gasteiger partial charge < -0.3 is 10.6 Å². The first-order chi connectivity index (χ1) is 15.1. The number of rotatable bonds is 7. The van der Waals surface area contributed by atoms with Gasteiger partial charge in [-0.05, 0) is 42.5 Å². The second-order valence-corrected chi connectivity index (χ2v) is 10.2. The molecule has 0 radical (unpaired) electrons. The van der Waals surface area contributed by atoms with E-state index in [0.29, 0.717) is 17.8 Å². The van der Waals surface area contributed by atoms with E-state index in [1.165, 1.54) is 12.1 Å². The predicted octanol–water partition coefficient (Wildman–Crippen LogP) is 4.05. The number of hydrogen-bond acceptors (Lipinski definition) is 4. The maximum Gasteiger partial charge on any atom is 0.416 e. The normalized spacial score (nSPS) is 12.3. The summed E-state index contributed by atoms with van der Waals surface area (Å²) in [6, 6.07) is 8.06. The maximum absolute atomic E-state index is 12.9. The van der Waals surface area contributed by atoms with E-state index in [1.54, 1.807) is 32.9 Å². The van der Waals surface area contributed by atoms with Crippen LogP contribution in [0, 0.1) is 5.41 Å². The Bertz CT molecular complexity index is 1130. The van der Waals surface area contributed by atoms with Crippen molar-refractivity contribution in [1.82, 2.24) is 10.0 Å². The number of benzene rings is 2. The molecule has 12 heteroatoms. The van der Waals surface area contributed by atoms with Crippen molar-refractivity contribution in [3.05, 3.63) is 58.6 Å². The van der Waals surface area contributed by atoms with Crippen molar-refractivity contribution in [3.63, 3.8) is 0 Å². The number of hydrogen-bond donors (Lipinski definition) is 3. The molecule has 0 saturated carbocycles. The van der Waals surface area contributed by atoms with E-state index in [4.69, 9.17) is 11.6 Å². The van der Waals surface area contributed by atoms with Crippen molar-refractivity contribution >= 4 is 39.1 Å². The van der Waals surface area contributed by atoms with E-state index in [2.05, 4.69) is 15.4 Å². The molecule has 0 atom stereocenters. The van der Waals surface area contributed by atoms with Crippen LogP contribution in [0.15, 0.2) is 47.4 Å². The van der Waals surface area contributed by atoms with Crippen LogP contribution in [0.5, 0.6) is 0 Å². The van der Waals surface area contributed by atoms with Gasteiger partial charge in [-0.15, -0.1) is 0 Å². The highest BCUT2D eigenvalue weighted by Crippen LogP contribution is 2.33. The Morgan fingerprint density at radius 1 is 0.970 bits per heavy atom. The van der Waals surface area contributed by atoms with E-state index < -0.39 is 38.0 Å². The topological polar surface area (TPSA) is 104 Å². The maximum atomic E-state index is 12.9. The number of anilines is 1. The molecule has 0 aromatic heterocycles. The summed E-state index contributed by atoms with van der Waals surface area (Å²) in [4.78, 5) is 23.5. The molecular formula is C21H23ClF3N3O4S. The van der Waals surface area contributed by atoms with Gasteiger partial charge in [0.05, 0.1) is 10.6 Å². The fourth-order valence-corrected chi connectivity index (χ4v) is 4.01. The summed E-state index contributed by atoms with van der Waals surface area (Å²) in [5, 5.41) is 4.85. The first-order valence-corrected chi connectivity index (χ1v) is 11.5. The van der Waals surface area contributed by atoms with Crippen molar-refractivity contribution in [2.24, 2.45) is 5.41 Å². The predicted molar refractivity (Wildman–Crippen MR) is 119 cm³/mol. The van der Waals surface area contributed by atoms with Gasteiger partial charge in [0.15, 0.2) is 0 Å². The zero-order valence-electron chi connectivity index (χ0n) is 18.0. The molecule has 0 aliphatic carbocycles. The molecule has 7 nitrogen and oxygen atoms in total. The largest absolute Gasteiger partial charge is 0.416 e. The zero-order valence-corrected chi connectivity index (χ0v) is 19.6. The highest BCUT2D eigenvalue weighted by Gasteiger charge is 2.32. The minimum absolute atomic E-state index is 0.128. The third-order valence-electron chi connectivity index (χ3n) is 4.34. The van der Waals surface area contributed by atoms with Gasteiger partial charge in [-0.3, -0.25) is 9.59 Å². The third-order valence-corrected chi connectivity index (χ3v) is 6.28. The number of halogens is 4. The molecule has 2 aromatic rings. The number of carbonyl (C=O) groups excluding carboxylic acids is 2. The molecule has 0 saturated heterocycles. The summed E-state index contributed by atoms with van der Waals surface area (Å²) in [6.45, 7) is 4.88. The summed E-state index contributed by atoms with van der Waals surface area (Å²) >= 11 is 5.76. The van der Waals surface area contributed by atoms with Crippen molar-refractivity contribution in [2.75, 3.05) is 18.4 Å². The highest BCUT2D eigenvalue weighted by molar-refractivity contribution is 7.89. The van der Waals surface area contributed by atoms with E-state index >= 15 is 0 Å². The average molecular weight is 506 g/mol. The fraction of sp³-hybridized carbons (Fsp3) is 0.333. The van der Waals surface area contributed by atoms with Gasteiger partial charge >= 0.3 is 6.18 Å². The lowest BCUT2D eigenvalue weighted by atomic mass is 9.95. The van der Waals surface area contributed by atoms with Gasteiger partial charge in [-0.25, -0.2) is 13.1 Å². The molecule has 2 amide bonds. The Kier molecular flexibility index (Phi) is 8.15. The molecule has 0 bridgehead atoms. The Morgan fingerprint density at radius 2 is 1.58 bits per heavy atom. The molecule has 180 valence electrons. The summed E-state index contributed by atoms with van der Waals surface area (Å²) in [6.07, 6.45) is -4.73. The SMILES string of the molecule is CC(C)(C)C(=O)Nc1ccc(C(=O)NCCNS(=O)(=O)c2cc(C(F)(F)F)ccc2Cl)cc1. The van der Waals surface area contributed by atoms with Crippen LogP contribution in [0.3, 0.4) is 0 Å². The van der Waals surface area contributed by atoms with Crippen LogP contribution in [0.2, 0.25) is 5.02 Å².